The van der Waals surface area contributed by atoms with Gasteiger partial charge in [-0.3, -0.25) is 19.7 Å². The van der Waals surface area contributed by atoms with Crippen LogP contribution in [-0.2, 0) is 9.59 Å². The molecule has 1 aliphatic heterocycles. The maximum Gasteiger partial charge on any atom is 0.295 e. The standard InChI is InChI=1S/C28H34BrN3O5/c1-3-5-16-30(17-6-4-2)18-7-19-31-25(20-10-14-23(15-11-20)32(36)37)24(27(34)28(31)35)26(33)21-8-12-22(29)13-9-21/h8-15,25,33H,3-7,16-19H2,1-2H3/b26-24-. The maximum absolute atomic E-state index is 13.2. The maximum atomic E-state index is 13.2. The average Bonchev–Trinajstić information content (AvgIpc) is 3.15. The van der Waals surface area contributed by atoms with Crippen LogP contribution in [-0.4, -0.2) is 57.7 Å². The number of carbonyl (C=O) groups excluding carboxylic acids is 2. The minimum Gasteiger partial charge on any atom is -0.507 e. The summed E-state index contributed by atoms with van der Waals surface area (Å²) >= 11 is 3.36. The van der Waals surface area contributed by atoms with Crippen molar-refractivity contribution in [3.05, 3.63) is 79.8 Å². The van der Waals surface area contributed by atoms with Gasteiger partial charge in [0.1, 0.15) is 5.76 Å². The molecule has 2 aromatic carbocycles. The summed E-state index contributed by atoms with van der Waals surface area (Å²) in [6, 6.07) is 11.8. The predicted molar refractivity (Wildman–Crippen MR) is 147 cm³/mol. The van der Waals surface area contributed by atoms with Gasteiger partial charge >= 0.3 is 0 Å². The first kappa shape index (κ1) is 28.5. The van der Waals surface area contributed by atoms with Crippen molar-refractivity contribution in [3.63, 3.8) is 0 Å². The first-order valence-corrected chi connectivity index (χ1v) is 13.6. The largest absolute Gasteiger partial charge is 0.507 e. The van der Waals surface area contributed by atoms with Gasteiger partial charge < -0.3 is 14.9 Å². The Hall–Kier alpha value is -3.04. The Morgan fingerprint density at radius 3 is 2.08 bits per heavy atom. The van der Waals surface area contributed by atoms with Gasteiger partial charge in [0, 0.05) is 28.7 Å². The van der Waals surface area contributed by atoms with Crippen LogP contribution >= 0.6 is 15.9 Å². The lowest BCUT2D eigenvalue weighted by molar-refractivity contribution is -0.384. The second-order valence-corrected chi connectivity index (χ2v) is 10.2. The molecule has 9 heteroatoms. The molecule has 0 spiro atoms. The second-order valence-electron chi connectivity index (χ2n) is 9.25. The number of rotatable bonds is 13. The van der Waals surface area contributed by atoms with Crippen LogP contribution in [0.25, 0.3) is 5.76 Å². The molecule has 1 saturated heterocycles. The Bertz CT molecular complexity index is 1120. The van der Waals surface area contributed by atoms with Crippen molar-refractivity contribution >= 4 is 39.1 Å². The number of ketones is 1. The number of nitro benzene ring substituents is 1. The number of hydrogen-bond donors (Lipinski definition) is 1. The number of nitro groups is 1. The summed E-state index contributed by atoms with van der Waals surface area (Å²) < 4.78 is 0.812. The normalized spacial score (nSPS) is 17.1. The van der Waals surface area contributed by atoms with Crippen LogP contribution in [0.3, 0.4) is 0 Å². The molecular formula is C28H34BrN3O5. The highest BCUT2D eigenvalue weighted by Gasteiger charge is 2.45. The summed E-state index contributed by atoms with van der Waals surface area (Å²) in [4.78, 5) is 40.9. The molecule has 1 fully saturated rings. The molecule has 0 aromatic heterocycles. The SMILES string of the molecule is CCCCN(CCCC)CCCN1C(=O)C(=O)/C(=C(\O)c2ccc(Br)cc2)C1c1ccc([N+](=O)[O-])cc1. The summed E-state index contributed by atoms with van der Waals surface area (Å²) in [6.45, 7) is 7.43. The fourth-order valence-corrected chi connectivity index (χ4v) is 4.83. The molecule has 1 N–H and O–H groups in total. The number of nitrogens with zero attached hydrogens (tertiary/aromatic N) is 3. The molecule has 1 unspecified atom stereocenters. The molecule has 1 heterocycles. The van der Waals surface area contributed by atoms with Crippen LogP contribution in [0, 0.1) is 10.1 Å². The summed E-state index contributed by atoms with van der Waals surface area (Å²) in [5, 5.41) is 22.3. The van der Waals surface area contributed by atoms with Gasteiger partial charge in [0.25, 0.3) is 17.4 Å². The highest BCUT2D eigenvalue weighted by Crippen LogP contribution is 2.40. The Morgan fingerprint density at radius 2 is 1.54 bits per heavy atom. The number of benzene rings is 2. The third-order valence-corrected chi connectivity index (χ3v) is 7.14. The van der Waals surface area contributed by atoms with Crippen molar-refractivity contribution in [1.29, 1.82) is 0 Å². The molecule has 0 aliphatic carbocycles. The van der Waals surface area contributed by atoms with Crippen molar-refractivity contribution in [1.82, 2.24) is 9.80 Å². The minimum atomic E-state index is -0.829. The molecule has 0 bridgehead atoms. The molecule has 0 radical (unpaired) electrons. The topological polar surface area (TPSA) is 104 Å². The van der Waals surface area contributed by atoms with Crippen molar-refractivity contribution in [3.8, 4) is 0 Å². The third-order valence-electron chi connectivity index (χ3n) is 6.61. The quantitative estimate of drug-likeness (QED) is 0.103. The number of hydrogen-bond acceptors (Lipinski definition) is 6. The number of non-ortho nitro benzene ring substituents is 1. The van der Waals surface area contributed by atoms with Crippen LogP contribution < -0.4 is 0 Å². The summed E-state index contributed by atoms with van der Waals surface area (Å²) in [5.74, 6) is -1.68. The fourth-order valence-electron chi connectivity index (χ4n) is 4.56. The van der Waals surface area contributed by atoms with E-state index in [2.05, 4.69) is 34.7 Å². The van der Waals surface area contributed by atoms with Crippen molar-refractivity contribution in [2.45, 2.75) is 52.0 Å². The number of carbonyl (C=O) groups is 2. The monoisotopic (exact) mass is 571 g/mol. The van der Waals surface area contributed by atoms with Crippen LogP contribution in [0.5, 0.6) is 0 Å². The lowest BCUT2D eigenvalue weighted by Gasteiger charge is -2.27. The van der Waals surface area contributed by atoms with E-state index < -0.39 is 22.7 Å². The lowest BCUT2D eigenvalue weighted by Crippen LogP contribution is -2.34. The Balaban J connectivity index is 1.94. The molecular weight excluding hydrogens is 538 g/mol. The molecule has 0 saturated carbocycles. The highest BCUT2D eigenvalue weighted by molar-refractivity contribution is 9.10. The molecule has 1 amide bonds. The molecule has 37 heavy (non-hydrogen) atoms. The van der Waals surface area contributed by atoms with Gasteiger partial charge in [-0.15, -0.1) is 0 Å². The molecule has 2 aromatic rings. The molecule has 1 atom stereocenters. The van der Waals surface area contributed by atoms with Crippen LogP contribution in [0.15, 0.2) is 58.6 Å². The van der Waals surface area contributed by atoms with Gasteiger partial charge in [-0.25, -0.2) is 0 Å². The first-order valence-electron chi connectivity index (χ1n) is 12.8. The number of likely N-dealkylation sites (tertiary alicyclic amines) is 1. The number of amides is 1. The Morgan fingerprint density at radius 1 is 0.973 bits per heavy atom. The highest BCUT2D eigenvalue weighted by atomic mass is 79.9. The van der Waals surface area contributed by atoms with Crippen LogP contribution in [0.1, 0.15) is 63.1 Å². The first-order chi connectivity index (χ1) is 17.8. The zero-order valence-corrected chi connectivity index (χ0v) is 22.9. The van der Waals surface area contributed by atoms with Gasteiger partial charge in [0.2, 0.25) is 0 Å². The Labute approximate surface area is 226 Å². The molecule has 8 nitrogen and oxygen atoms in total. The van der Waals surface area contributed by atoms with E-state index >= 15 is 0 Å². The van der Waals surface area contributed by atoms with E-state index in [0.29, 0.717) is 24.1 Å². The van der Waals surface area contributed by atoms with Gasteiger partial charge in [-0.1, -0.05) is 54.8 Å². The molecule has 1 aliphatic rings. The van der Waals surface area contributed by atoms with E-state index in [9.17, 15) is 24.8 Å². The molecule has 198 valence electrons. The van der Waals surface area contributed by atoms with Gasteiger partial charge in [-0.2, -0.15) is 0 Å². The lowest BCUT2D eigenvalue weighted by atomic mass is 9.95. The number of aliphatic hydroxyl groups is 1. The van der Waals surface area contributed by atoms with Crippen molar-refractivity contribution in [2.75, 3.05) is 26.2 Å². The Kier molecular flexibility index (Phi) is 10.4. The van der Waals surface area contributed by atoms with E-state index in [4.69, 9.17) is 0 Å². The van der Waals surface area contributed by atoms with E-state index in [1.807, 2.05) is 0 Å². The van der Waals surface area contributed by atoms with E-state index in [0.717, 1.165) is 49.8 Å². The van der Waals surface area contributed by atoms with Gasteiger partial charge in [0.15, 0.2) is 0 Å². The number of halogens is 1. The molecule has 3 rings (SSSR count). The number of unbranched alkanes of at least 4 members (excludes halogenated alkanes) is 2. The third kappa shape index (κ3) is 7.05. The average molecular weight is 573 g/mol. The number of aliphatic hydroxyl groups excluding tert-OH is 1. The van der Waals surface area contributed by atoms with Crippen LogP contribution in [0.2, 0.25) is 0 Å². The smallest absolute Gasteiger partial charge is 0.295 e. The summed E-state index contributed by atoms with van der Waals surface area (Å²) in [7, 11) is 0. The zero-order valence-electron chi connectivity index (χ0n) is 21.4. The summed E-state index contributed by atoms with van der Waals surface area (Å²) in [5.41, 5.74) is 0.863. The summed E-state index contributed by atoms with van der Waals surface area (Å²) in [6.07, 6.45) is 5.08. The predicted octanol–water partition coefficient (Wildman–Crippen LogP) is 6.07. The number of Topliss-reactive ketones (excluding diaryl/α,β-unsaturated/α-hetero) is 1. The van der Waals surface area contributed by atoms with Gasteiger partial charge in [-0.05, 0) is 68.7 Å². The van der Waals surface area contributed by atoms with Crippen LogP contribution in [0.4, 0.5) is 5.69 Å². The van der Waals surface area contributed by atoms with Crippen molar-refractivity contribution < 1.29 is 19.6 Å². The van der Waals surface area contributed by atoms with Crippen molar-refractivity contribution in [2.24, 2.45) is 0 Å². The fraction of sp³-hybridized carbons (Fsp3) is 0.429. The van der Waals surface area contributed by atoms with Gasteiger partial charge in [0.05, 0.1) is 16.5 Å². The van der Waals surface area contributed by atoms with E-state index in [1.54, 1.807) is 36.4 Å². The minimum absolute atomic E-state index is 0.00463. The van der Waals surface area contributed by atoms with E-state index in [1.165, 1.54) is 17.0 Å². The second kappa shape index (κ2) is 13.5. The zero-order chi connectivity index (χ0) is 26.9. The van der Waals surface area contributed by atoms with E-state index in [-0.39, 0.29) is 17.0 Å².